The topological polar surface area (TPSA) is 58.1 Å². The molecule has 0 aliphatic carbocycles. The molecule has 0 atom stereocenters. The Balaban J connectivity index is 2.05. The maximum absolute atomic E-state index is 12.3. The minimum Gasteiger partial charge on any atom is -0.351 e. The monoisotopic (exact) mass is 326 g/mol. The average molecular weight is 326 g/mol. The van der Waals surface area contributed by atoms with Gasteiger partial charge in [0.2, 0.25) is 5.95 Å². The molecule has 128 valence electrons. The quantitative estimate of drug-likeness (QED) is 0.756. The second-order valence-electron chi connectivity index (χ2n) is 6.00. The summed E-state index contributed by atoms with van der Waals surface area (Å²) in [5.74, 6) is 0.434. The van der Waals surface area contributed by atoms with Gasteiger partial charge in [-0.25, -0.2) is 9.97 Å². The minimum atomic E-state index is -0.133. The fraction of sp³-hybridized carbons (Fsp3) is 0.421. The van der Waals surface area contributed by atoms with Crippen molar-refractivity contribution in [3.63, 3.8) is 0 Å². The molecule has 0 spiro atoms. The number of hydrogen-bond donors (Lipinski definition) is 1. The van der Waals surface area contributed by atoms with Crippen molar-refractivity contribution in [1.82, 2.24) is 15.3 Å². The number of unbranched alkanes of at least 4 members (excludes halogenated alkanes) is 2. The fourth-order valence-corrected chi connectivity index (χ4v) is 2.44. The first-order valence-electron chi connectivity index (χ1n) is 8.49. The molecule has 2 aromatic rings. The van der Waals surface area contributed by atoms with Crippen molar-refractivity contribution in [3.05, 3.63) is 53.3 Å². The van der Waals surface area contributed by atoms with Crippen LogP contribution < -0.4 is 10.2 Å². The van der Waals surface area contributed by atoms with Crippen molar-refractivity contribution in [3.8, 4) is 0 Å². The van der Waals surface area contributed by atoms with Crippen molar-refractivity contribution in [2.45, 2.75) is 39.7 Å². The molecule has 5 nitrogen and oxygen atoms in total. The van der Waals surface area contributed by atoms with E-state index in [1.165, 1.54) is 5.56 Å². The van der Waals surface area contributed by atoms with E-state index in [9.17, 15) is 4.79 Å². The smallest absolute Gasteiger partial charge is 0.270 e. The van der Waals surface area contributed by atoms with Gasteiger partial charge in [0.05, 0.1) is 0 Å². The minimum absolute atomic E-state index is 0.133. The summed E-state index contributed by atoms with van der Waals surface area (Å²) in [6.07, 6.45) is 3.25. The van der Waals surface area contributed by atoms with Crippen LogP contribution in [0, 0.1) is 6.92 Å². The zero-order valence-electron chi connectivity index (χ0n) is 14.7. The van der Waals surface area contributed by atoms with Gasteiger partial charge in [0.1, 0.15) is 5.69 Å². The predicted molar refractivity (Wildman–Crippen MR) is 97.2 cm³/mol. The fourth-order valence-electron chi connectivity index (χ4n) is 2.44. The number of aromatic nitrogens is 2. The Morgan fingerprint density at radius 1 is 1.17 bits per heavy atom. The van der Waals surface area contributed by atoms with Gasteiger partial charge in [-0.15, -0.1) is 0 Å². The Hall–Kier alpha value is -2.43. The lowest BCUT2D eigenvalue weighted by atomic mass is 10.2. The SMILES string of the molecule is CCCCCNC(=O)c1cc(C)nc(N(C)Cc2ccccc2)n1. The molecule has 0 aliphatic heterocycles. The van der Waals surface area contributed by atoms with Crippen LogP contribution >= 0.6 is 0 Å². The third-order valence-electron chi connectivity index (χ3n) is 3.74. The zero-order valence-corrected chi connectivity index (χ0v) is 14.7. The Bertz CT molecular complexity index is 658. The van der Waals surface area contributed by atoms with Crippen LogP contribution in [0.25, 0.3) is 0 Å². The summed E-state index contributed by atoms with van der Waals surface area (Å²) in [7, 11) is 1.94. The molecule has 1 aromatic heterocycles. The third kappa shape index (κ3) is 5.33. The van der Waals surface area contributed by atoms with Crippen molar-refractivity contribution in [1.29, 1.82) is 0 Å². The molecule has 0 bridgehead atoms. The molecule has 0 saturated heterocycles. The third-order valence-corrected chi connectivity index (χ3v) is 3.74. The zero-order chi connectivity index (χ0) is 17.4. The summed E-state index contributed by atoms with van der Waals surface area (Å²) in [5.41, 5.74) is 2.39. The van der Waals surface area contributed by atoms with Crippen LogP contribution in [0.5, 0.6) is 0 Å². The van der Waals surface area contributed by atoms with Gasteiger partial charge in [-0.2, -0.15) is 0 Å². The van der Waals surface area contributed by atoms with Gasteiger partial charge in [0.25, 0.3) is 5.91 Å². The van der Waals surface area contributed by atoms with Crippen LogP contribution in [0.2, 0.25) is 0 Å². The second kappa shape index (κ2) is 9.01. The van der Waals surface area contributed by atoms with Crippen molar-refractivity contribution in [2.24, 2.45) is 0 Å². The van der Waals surface area contributed by atoms with Crippen LogP contribution in [0.3, 0.4) is 0 Å². The number of carbonyl (C=O) groups is 1. The normalized spacial score (nSPS) is 10.5. The molecule has 1 heterocycles. The molecular formula is C19H26N4O. The van der Waals surface area contributed by atoms with Crippen molar-refractivity contribution in [2.75, 3.05) is 18.5 Å². The Morgan fingerprint density at radius 2 is 1.92 bits per heavy atom. The highest BCUT2D eigenvalue weighted by molar-refractivity contribution is 5.92. The largest absolute Gasteiger partial charge is 0.351 e. The van der Waals surface area contributed by atoms with Crippen LogP contribution in [-0.4, -0.2) is 29.5 Å². The molecule has 0 unspecified atom stereocenters. The van der Waals surface area contributed by atoms with E-state index < -0.39 is 0 Å². The molecule has 1 amide bonds. The first kappa shape index (κ1) is 17.9. The number of nitrogens with one attached hydrogen (secondary N) is 1. The van der Waals surface area contributed by atoms with E-state index in [-0.39, 0.29) is 5.91 Å². The van der Waals surface area contributed by atoms with Gasteiger partial charge in [0, 0.05) is 25.8 Å². The number of anilines is 1. The standard InChI is InChI=1S/C19H26N4O/c1-4-5-9-12-20-18(24)17-13-15(2)21-19(22-17)23(3)14-16-10-7-6-8-11-16/h6-8,10-11,13H,4-5,9,12,14H2,1-3H3,(H,20,24). The molecule has 5 heteroatoms. The summed E-state index contributed by atoms with van der Waals surface area (Å²) in [6, 6.07) is 11.9. The lowest BCUT2D eigenvalue weighted by molar-refractivity contribution is 0.0947. The van der Waals surface area contributed by atoms with Gasteiger partial charge in [-0.05, 0) is 25.0 Å². The van der Waals surface area contributed by atoms with Gasteiger partial charge >= 0.3 is 0 Å². The van der Waals surface area contributed by atoms with E-state index in [0.717, 1.165) is 25.0 Å². The highest BCUT2D eigenvalue weighted by Crippen LogP contribution is 2.12. The molecular weight excluding hydrogens is 300 g/mol. The second-order valence-corrected chi connectivity index (χ2v) is 6.00. The summed E-state index contributed by atoms with van der Waals surface area (Å²) in [4.78, 5) is 23.1. The van der Waals surface area contributed by atoms with E-state index in [4.69, 9.17) is 0 Å². The van der Waals surface area contributed by atoms with Gasteiger partial charge < -0.3 is 10.2 Å². The Kier molecular flexibility index (Phi) is 6.73. The first-order valence-corrected chi connectivity index (χ1v) is 8.49. The number of amides is 1. The van der Waals surface area contributed by atoms with Crippen molar-refractivity contribution >= 4 is 11.9 Å². The maximum atomic E-state index is 12.3. The number of nitrogens with zero attached hydrogens (tertiary/aromatic N) is 3. The van der Waals surface area contributed by atoms with Gasteiger partial charge in [-0.1, -0.05) is 50.1 Å². The van der Waals surface area contributed by atoms with E-state index >= 15 is 0 Å². The molecule has 0 radical (unpaired) electrons. The number of hydrogen-bond acceptors (Lipinski definition) is 4. The molecule has 0 aliphatic rings. The van der Waals surface area contributed by atoms with E-state index in [1.807, 2.05) is 37.1 Å². The molecule has 1 aromatic carbocycles. The number of rotatable bonds is 8. The summed E-state index contributed by atoms with van der Waals surface area (Å²) < 4.78 is 0. The van der Waals surface area contributed by atoms with Gasteiger partial charge in [0.15, 0.2) is 0 Å². The Morgan fingerprint density at radius 3 is 2.62 bits per heavy atom. The predicted octanol–water partition coefficient (Wildman–Crippen LogP) is 3.34. The lowest BCUT2D eigenvalue weighted by Crippen LogP contribution is -2.27. The maximum Gasteiger partial charge on any atom is 0.270 e. The van der Waals surface area contributed by atoms with Gasteiger partial charge in [-0.3, -0.25) is 4.79 Å². The van der Waals surface area contributed by atoms with Crippen molar-refractivity contribution < 1.29 is 4.79 Å². The number of carbonyl (C=O) groups excluding carboxylic acids is 1. The molecule has 0 saturated carbocycles. The highest BCUT2D eigenvalue weighted by Gasteiger charge is 2.13. The number of aryl methyl sites for hydroxylation is 1. The lowest BCUT2D eigenvalue weighted by Gasteiger charge is -2.18. The summed E-state index contributed by atoms with van der Waals surface area (Å²) in [6.45, 7) is 5.41. The molecule has 2 rings (SSSR count). The van der Waals surface area contributed by atoms with E-state index in [0.29, 0.717) is 24.7 Å². The molecule has 0 fully saturated rings. The molecule has 1 N–H and O–H groups in total. The van der Waals surface area contributed by atoms with Crippen LogP contribution in [0.15, 0.2) is 36.4 Å². The first-order chi connectivity index (χ1) is 11.6. The van der Waals surface area contributed by atoms with Crippen LogP contribution in [-0.2, 0) is 6.54 Å². The van der Waals surface area contributed by atoms with E-state index in [2.05, 4.69) is 34.3 Å². The summed E-state index contributed by atoms with van der Waals surface area (Å²) >= 11 is 0. The molecule has 24 heavy (non-hydrogen) atoms. The highest BCUT2D eigenvalue weighted by atomic mass is 16.1. The van der Waals surface area contributed by atoms with Crippen LogP contribution in [0.1, 0.15) is 47.9 Å². The van der Waals surface area contributed by atoms with Crippen LogP contribution in [0.4, 0.5) is 5.95 Å². The van der Waals surface area contributed by atoms with E-state index in [1.54, 1.807) is 6.07 Å². The summed E-state index contributed by atoms with van der Waals surface area (Å²) in [5, 5.41) is 2.93. The Labute approximate surface area is 144 Å². The number of benzene rings is 1. The average Bonchev–Trinajstić information content (AvgIpc) is 2.59.